The minimum atomic E-state index is -0.541. The quantitative estimate of drug-likeness (QED) is 0.622. The van der Waals surface area contributed by atoms with Crippen LogP contribution in [0.25, 0.3) is 0 Å². The highest BCUT2D eigenvalue weighted by Crippen LogP contribution is 2.25. The molecule has 0 fully saturated rings. The van der Waals surface area contributed by atoms with Crippen LogP contribution in [0.4, 0.5) is 0 Å². The Morgan fingerprint density at radius 1 is 1.14 bits per heavy atom. The standard InChI is InChI=1S/C12H12BrN/c1-3-12(4-2,9-14)10-5-7-11(13)8-6-10/h3-9,14H,1-2H2. The van der Waals surface area contributed by atoms with Gasteiger partial charge in [-0.15, -0.1) is 13.2 Å². The molecule has 0 aromatic heterocycles. The van der Waals surface area contributed by atoms with Crippen LogP contribution in [-0.4, -0.2) is 6.21 Å². The van der Waals surface area contributed by atoms with Crippen LogP contribution in [0, 0.1) is 5.41 Å². The third-order valence-corrected chi connectivity index (χ3v) is 2.79. The van der Waals surface area contributed by atoms with Crippen molar-refractivity contribution in [1.82, 2.24) is 0 Å². The fraction of sp³-hybridized carbons (Fsp3) is 0.0833. The van der Waals surface area contributed by atoms with Crippen molar-refractivity contribution in [3.63, 3.8) is 0 Å². The van der Waals surface area contributed by atoms with E-state index in [9.17, 15) is 0 Å². The van der Waals surface area contributed by atoms with Crippen molar-refractivity contribution >= 4 is 22.1 Å². The van der Waals surface area contributed by atoms with Gasteiger partial charge in [0, 0.05) is 10.7 Å². The summed E-state index contributed by atoms with van der Waals surface area (Å²) in [5.41, 5.74) is 0.460. The molecule has 0 heterocycles. The van der Waals surface area contributed by atoms with Crippen molar-refractivity contribution in [2.75, 3.05) is 0 Å². The van der Waals surface area contributed by atoms with E-state index in [4.69, 9.17) is 5.41 Å². The summed E-state index contributed by atoms with van der Waals surface area (Å²) in [7, 11) is 0. The van der Waals surface area contributed by atoms with Gasteiger partial charge in [-0.05, 0) is 17.7 Å². The second-order valence-corrected chi connectivity index (χ2v) is 3.91. The minimum absolute atomic E-state index is 0.541. The van der Waals surface area contributed by atoms with E-state index in [1.807, 2.05) is 24.3 Å². The molecule has 0 amide bonds. The van der Waals surface area contributed by atoms with Gasteiger partial charge in [-0.1, -0.05) is 40.2 Å². The average Bonchev–Trinajstić information content (AvgIpc) is 2.24. The number of allylic oxidation sites excluding steroid dienone is 2. The van der Waals surface area contributed by atoms with E-state index in [1.165, 1.54) is 6.21 Å². The molecule has 1 aromatic carbocycles. The van der Waals surface area contributed by atoms with E-state index in [1.54, 1.807) is 12.2 Å². The SMILES string of the molecule is C=CC(C=C)(C=N)c1ccc(Br)cc1. The number of hydrogen-bond donors (Lipinski definition) is 1. The molecule has 0 aliphatic heterocycles. The highest BCUT2D eigenvalue weighted by atomic mass is 79.9. The molecule has 2 heteroatoms. The molecule has 1 rings (SSSR count). The van der Waals surface area contributed by atoms with Crippen LogP contribution in [0.3, 0.4) is 0 Å². The lowest BCUT2D eigenvalue weighted by Crippen LogP contribution is -2.21. The molecular weight excluding hydrogens is 238 g/mol. The summed E-state index contributed by atoms with van der Waals surface area (Å²) in [5.74, 6) is 0. The number of halogens is 1. The fourth-order valence-electron chi connectivity index (χ4n) is 1.26. The predicted octanol–water partition coefficient (Wildman–Crippen LogP) is 3.71. The van der Waals surface area contributed by atoms with Crippen molar-refractivity contribution < 1.29 is 0 Å². The van der Waals surface area contributed by atoms with Gasteiger partial charge in [0.15, 0.2) is 0 Å². The van der Waals surface area contributed by atoms with E-state index in [2.05, 4.69) is 29.1 Å². The lowest BCUT2D eigenvalue weighted by atomic mass is 9.82. The third-order valence-electron chi connectivity index (χ3n) is 2.26. The summed E-state index contributed by atoms with van der Waals surface area (Å²) in [6, 6.07) is 7.80. The molecule has 0 unspecified atom stereocenters. The Kier molecular flexibility index (Phi) is 3.42. The normalized spacial score (nSPS) is 10.6. The van der Waals surface area contributed by atoms with Crippen LogP contribution < -0.4 is 0 Å². The molecule has 0 atom stereocenters. The maximum atomic E-state index is 7.42. The molecule has 72 valence electrons. The number of hydrogen-bond acceptors (Lipinski definition) is 1. The van der Waals surface area contributed by atoms with E-state index < -0.39 is 5.41 Å². The zero-order chi connectivity index (χ0) is 10.6. The molecule has 14 heavy (non-hydrogen) atoms. The maximum absolute atomic E-state index is 7.42. The highest BCUT2D eigenvalue weighted by Gasteiger charge is 2.21. The first-order valence-corrected chi connectivity index (χ1v) is 5.02. The second-order valence-electron chi connectivity index (χ2n) is 2.99. The second kappa shape index (κ2) is 4.38. The molecule has 0 aliphatic rings. The van der Waals surface area contributed by atoms with Crippen LogP contribution in [0.2, 0.25) is 0 Å². The van der Waals surface area contributed by atoms with E-state index in [0.29, 0.717) is 0 Å². The van der Waals surface area contributed by atoms with Gasteiger partial charge in [0.05, 0.1) is 5.41 Å². The molecular formula is C12H12BrN. The van der Waals surface area contributed by atoms with Crippen LogP contribution in [0.1, 0.15) is 5.56 Å². The number of benzene rings is 1. The van der Waals surface area contributed by atoms with Gasteiger partial charge in [0.25, 0.3) is 0 Å². The summed E-state index contributed by atoms with van der Waals surface area (Å²) in [4.78, 5) is 0. The molecule has 1 aromatic rings. The first kappa shape index (κ1) is 10.9. The Morgan fingerprint density at radius 2 is 1.64 bits per heavy atom. The Labute approximate surface area is 92.8 Å². The summed E-state index contributed by atoms with van der Waals surface area (Å²) in [6.07, 6.45) is 4.78. The van der Waals surface area contributed by atoms with Gasteiger partial charge < -0.3 is 5.41 Å². The first-order chi connectivity index (χ1) is 6.68. The van der Waals surface area contributed by atoms with Gasteiger partial charge in [0.2, 0.25) is 0 Å². The van der Waals surface area contributed by atoms with Crippen molar-refractivity contribution in [2.45, 2.75) is 5.41 Å². The topological polar surface area (TPSA) is 23.9 Å². The van der Waals surface area contributed by atoms with E-state index >= 15 is 0 Å². The Hall–Kier alpha value is -1.15. The molecule has 0 aliphatic carbocycles. The van der Waals surface area contributed by atoms with Gasteiger partial charge in [0.1, 0.15) is 0 Å². The monoisotopic (exact) mass is 249 g/mol. The Morgan fingerprint density at radius 3 is 2.00 bits per heavy atom. The van der Waals surface area contributed by atoms with Crippen LogP contribution >= 0.6 is 15.9 Å². The number of nitrogens with one attached hydrogen (secondary N) is 1. The number of rotatable bonds is 4. The smallest absolute Gasteiger partial charge is 0.0653 e. The highest BCUT2D eigenvalue weighted by molar-refractivity contribution is 9.10. The predicted molar refractivity (Wildman–Crippen MR) is 65.0 cm³/mol. The summed E-state index contributed by atoms with van der Waals surface area (Å²) in [6.45, 7) is 7.48. The zero-order valence-corrected chi connectivity index (χ0v) is 9.42. The van der Waals surface area contributed by atoms with Crippen LogP contribution in [0.5, 0.6) is 0 Å². The van der Waals surface area contributed by atoms with E-state index in [-0.39, 0.29) is 0 Å². The molecule has 0 saturated carbocycles. The lowest BCUT2D eigenvalue weighted by molar-refractivity contribution is 0.932. The lowest BCUT2D eigenvalue weighted by Gasteiger charge is -2.21. The van der Waals surface area contributed by atoms with Gasteiger partial charge in [-0.2, -0.15) is 0 Å². The summed E-state index contributed by atoms with van der Waals surface area (Å²) >= 11 is 3.37. The molecule has 1 N–H and O–H groups in total. The molecule has 0 saturated heterocycles. The molecule has 1 nitrogen and oxygen atoms in total. The van der Waals surface area contributed by atoms with Crippen molar-refractivity contribution in [1.29, 1.82) is 5.41 Å². The minimum Gasteiger partial charge on any atom is -0.312 e. The largest absolute Gasteiger partial charge is 0.312 e. The Bertz CT molecular complexity index is 329. The summed E-state index contributed by atoms with van der Waals surface area (Å²) in [5, 5.41) is 7.42. The van der Waals surface area contributed by atoms with Crippen molar-refractivity contribution in [3.05, 3.63) is 59.6 Å². The van der Waals surface area contributed by atoms with Crippen molar-refractivity contribution in [2.24, 2.45) is 0 Å². The van der Waals surface area contributed by atoms with E-state index in [0.717, 1.165) is 10.0 Å². The van der Waals surface area contributed by atoms with Crippen LogP contribution in [-0.2, 0) is 5.41 Å². The first-order valence-electron chi connectivity index (χ1n) is 4.23. The third kappa shape index (κ3) is 1.85. The molecule has 0 radical (unpaired) electrons. The molecule has 0 spiro atoms. The molecule has 0 bridgehead atoms. The zero-order valence-electron chi connectivity index (χ0n) is 7.83. The van der Waals surface area contributed by atoms with Gasteiger partial charge in [-0.25, -0.2) is 0 Å². The maximum Gasteiger partial charge on any atom is 0.0653 e. The van der Waals surface area contributed by atoms with Crippen LogP contribution in [0.15, 0.2) is 54.0 Å². The Balaban J connectivity index is 3.24. The fourth-order valence-corrected chi connectivity index (χ4v) is 1.52. The average molecular weight is 250 g/mol. The van der Waals surface area contributed by atoms with Gasteiger partial charge in [-0.3, -0.25) is 0 Å². The van der Waals surface area contributed by atoms with Gasteiger partial charge >= 0.3 is 0 Å². The summed E-state index contributed by atoms with van der Waals surface area (Å²) < 4.78 is 1.02. The van der Waals surface area contributed by atoms with Crippen molar-refractivity contribution in [3.8, 4) is 0 Å².